The van der Waals surface area contributed by atoms with Gasteiger partial charge in [-0.2, -0.15) is 0 Å². The van der Waals surface area contributed by atoms with Gasteiger partial charge in [0.15, 0.2) is 5.82 Å². The zero-order chi connectivity index (χ0) is 17.4. The Labute approximate surface area is 145 Å². The minimum Gasteiger partial charge on any atom is -0.377 e. The number of hydrogen-bond donors (Lipinski definition) is 0. The van der Waals surface area contributed by atoms with Crippen molar-refractivity contribution < 1.29 is 4.74 Å². The summed E-state index contributed by atoms with van der Waals surface area (Å²) in [6.07, 6.45) is 6.18. The fourth-order valence-electron chi connectivity index (χ4n) is 2.87. The average Bonchev–Trinajstić information content (AvgIpc) is 2.58. The smallest absolute Gasteiger partial charge is 0.153 e. The standard InChI is InChI=1S/C20H29N3O/c1-16(2)10-11-19(18-8-6-5-7-9-18)23(3)14-17-12-21-20(15-24-4)22-13-17/h5-9,12-13,16,19H,10-11,14-15H2,1-4H3/t19-/m0/s1. The Kier molecular flexibility index (Phi) is 7.35. The Morgan fingerprint density at radius 1 is 1.04 bits per heavy atom. The molecule has 0 saturated heterocycles. The van der Waals surface area contributed by atoms with E-state index >= 15 is 0 Å². The van der Waals surface area contributed by atoms with Gasteiger partial charge in [-0.25, -0.2) is 9.97 Å². The molecule has 0 N–H and O–H groups in total. The molecule has 0 radical (unpaired) electrons. The second kappa shape index (κ2) is 9.50. The van der Waals surface area contributed by atoms with E-state index in [4.69, 9.17) is 4.74 Å². The molecular formula is C20H29N3O. The zero-order valence-electron chi connectivity index (χ0n) is 15.3. The molecule has 0 aliphatic heterocycles. The minimum absolute atomic E-state index is 0.409. The molecule has 0 amide bonds. The average molecular weight is 327 g/mol. The van der Waals surface area contributed by atoms with Gasteiger partial charge in [0.25, 0.3) is 0 Å². The van der Waals surface area contributed by atoms with Crippen LogP contribution in [-0.4, -0.2) is 29.0 Å². The Morgan fingerprint density at radius 3 is 2.29 bits per heavy atom. The van der Waals surface area contributed by atoms with Crippen LogP contribution in [0.5, 0.6) is 0 Å². The van der Waals surface area contributed by atoms with Gasteiger partial charge < -0.3 is 4.74 Å². The van der Waals surface area contributed by atoms with Gasteiger partial charge in [0, 0.05) is 37.7 Å². The summed E-state index contributed by atoms with van der Waals surface area (Å²) in [6.45, 7) is 5.86. The number of methoxy groups -OCH3 is 1. The summed E-state index contributed by atoms with van der Waals surface area (Å²) < 4.78 is 5.06. The van der Waals surface area contributed by atoms with Crippen LogP contribution < -0.4 is 0 Å². The summed E-state index contributed by atoms with van der Waals surface area (Å²) in [7, 11) is 3.84. The van der Waals surface area contributed by atoms with Crippen molar-refractivity contribution in [1.82, 2.24) is 14.9 Å². The van der Waals surface area contributed by atoms with Crippen molar-refractivity contribution in [3.05, 3.63) is 59.7 Å². The third-order valence-corrected chi connectivity index (χ3v) is 4.20. The monoisotopic (exact) mass is 327 g/mol. The van der Waals surface area contributed by atoms with E-state index in [-0.39, 0.29) is 0 Å². The molecule has 2 aromatic rings. The van der Waals surface area contributed by atoms with Gasteiger partial charge in [0.05, 0.1) is 0 Å². The molecule has 4 heteroatoms. The van der Waals surface area contributed by atoms with Gasteiger partial charge >= 0.3 is 0 Å². The quantitative estimate of drug-likeness (QED) is 0.691. The van der Waals surface area contributed by atoms with Crippen molar-refractivity contribution in [2.75, 3.05) is 14.2 Å². The lowest BCUT2D eigenvalue weighted by atomic mass is 9.96. The van der Waals surface area contributed by atoms with E-state index in [1.165, 1.54) is 12.0 Å². The molecule has 1 aromatic carbocycles. The van der Waals surface area contributed by atoms with E-state index in [9.17, 15) is 0 Å². The van der Waals surface area contributed by atoms with Crippen molar-refractivity contribution in [2.45, 2.75) is 45.9 Å². The number of benzene rings is 1. The second-order valence-corrected chi connectivity index (χ2v) is 6.75. The fourth-order valence-corrected chi connectivity index (χ4v) is 2.87. The predicted molar refractivity (Wildman–Crippen MR) is 97.5 cm³/mol. The van der Waals surface area contributed by atoms with Gasteiger partial charge in [0.1, 0.15) is 6.61 Å². The van der Waals surface area contributed by atoms with Crippen LogP contribution in [-0.2, 0) is 17.9 Å². The molecule has 0 bridgehead atoms. The van der Waals surface area contributed by atoms with Crippen molar-refractivity contribution >= 4 is 0 Å². The maximum Gasteiger partial charge on any atom is 0.153 e. The largest absolute Gasteiger partial charge is 0.377 e. The maximum atomic E-state index is 5.06. The number of hydrogen-bond acceptors (Lipinski definition) is 4. The van der Waals surface area contributed by atoms with E-state index in [0.29, 0.717) is 18.6 Å². The summed E-state index contributed by atoms with van der Waals surface area (Å²) in [5.41, 5.74) is 2.50. The maximum absolute atomic E-state index is 5.06. The van der Waals surface area contributed by atoms with E-state index in [1.54, 1.807) is 7.11 Å². The van der Waals surface area contributed by atoms with Crippen LogP contribution in [0.25, 0.3) is 0 Å². The van der Waals surface area contributed by atoms with E-state index in [2.05, 4.69) is 66.1 Å². The number of ether oxygens (including phenoxy) is 1. The highest BCUT2D eigenvalue weighted by Crippen LogP contribution is 2.27. The zero-order valence-corrected chi connectivity index (χ0v) is 15.3. The third kappa shape index (κ3) is 5.69. The first-order chi connectivity index (χ1) is 11.6. The summed E-state index contributed by atoms with van der Waals surface area (Å²) in [6, 6.07) is 11.2. The molecule has 2 rings (SSSR count). The van der Waals surface area contributed by atoms with Crippen molar-refractivity contribution in [2.24, 2.45) is 5.92 Å². The number of aromatic nitrogens is 2. The highest BCUT2D eigenvalue weighted by Gasteiger charge is 2.17. The lowest BCUT2D eigenvalue weighted by Gasteiger charge is -2.29. The van der Waals surface area contributed by atoms with E-state index in [1.807, 2.05) is 12.4 Å². The molecule has 0 aliphatic rings. The first-order valence-electron chi connectivity index (χ1n) is 8.64. The summed E-state index contributed by atoms with van der Waals surface area (Å²) in [5, 5.41) is 0. The van der Waals surface area contributed by atoms with Gasteiger partial charge in [-0.3, -0.25) is 4.90 Å². The van der Waals surface area contributed by atoms with Gasteiger partial charge in [-0.1, -0.05) is 44.2 Å². The molecular weight excluding hydrogens is 298 g/mol. The van der Waals surface area contributed by atoms with Gasteiger partial charge in [-0.05, 0) is 31.4 Å². The summed E-state index contributed by atoms with van der Waals surface area (Å²) >= 11 is 0. The SMILES string of the molecule is COCc1ncc(CN(C)[C@@H](CCC(C)C)c2ccccc2)cn1. The molecule has 1 aromatic heterocycles. The lowest BCUT2D eigenvalue weighted by Crippen LogP contribution is -2.25. The van der Waals surface area contributed by atoms with E-state index < -0.39 is 0 Å². The second-order valence-electron chi connectivity index (χ2n) is 6.75. The van der Waals surface area contributed by atoms with Crippen molar-refractivity contribution in [3.8, 4) is 0 Å². The molecule has 0 fully saturated rings. The fraction of sp³-hybridized carbons (Fsp3) is 0.500. The molecule has 0 spiro atoms. The van der Waals surface area contributed by atoms with Crippen LogP contribution in [0.4, 0.5) is 0 Å². The summed E-state index contributed by atoms with van der Waals surface area (Å²) in [4.78, 5) is 11.1. The number of rotatable bonds is 9. The van der Waals surface area contributed by atoms with Crippen LogP contribution in [0.2, 0.25) is 0 Å². The van der Waals surface area contributed by atoms with Gasteiger partial charge in [-0.15, -0.1) is 0 Å². The van der Waals surface area contributed by atoms with Crippen LogP contribution in [0.15, 0.2) is 42.7 Å². The van der Waals surface area contributed by atoms with Crippen LogP contribution >= 0.6 is 0 Å². The molecule has 130 valence electrons. The van der Waals surface area contributed by atoms with Crippen molar-refractivity contribution in [1.29, 1.82) is 0 Å². The summed E-state index contributed by atoms with van der Waals surface area (Å²) in [5.74, 6) is 1.43. The Hall–Kier alpha value is -1.78. The van der Waals surface area contributed by atoms with Crippen LogP contribution in [0, 0.1) is 5.92 Å². The highest BCUT2D eigenvalue weighted by molar-refractivity contribution is 5.19. The van der Waals surface area contributed by atoms with Crippen LogP contribution in [0.3, 0.4) is 0 Å². The highest BCUT2D eigenvalue weighted by atomic mass is 16.5. The Bertz CT molecular complexity index is 584. The first kappa shape index (κ1) is 18.6. The Morgan fingerprint density at radius 2 is 1.71 bits per heavy atom. The first-order valence-corrected chi connectivity index (χ1v) is 8.64. The molecule has 0 unspecified atom stereocenters. The molecule has 0 aliphatic carbocycles. The molecule has 24 heavy (non-hydrogen) atoms. The van der Waals surface area contributed by atoms with Crippen molar-refractivity contribution in [3.63, 3.8) is 0 Å². The van der Waals surface area contributed by atoms with Crippen LogP contribution in [0.1, 0.15) is 49.7 Å². The number of nitrogens with zero attached hydrogens (tertiary/aromatic N) is 3. The molecule has 4 nitrogen and oxygen atoms in total. The third-order valence-electron chi connectivity index (χ3n) is 4.20. The Balaban J connectivity index is 2.07. The van der Waals surface area contributed by atoms with E-state index in [0.717, 1.165) is 24.4 Å². The predicted octanol–water partition coefficient (Wildman–Crippen LogP) is 4.23. The lowest BCUT2D eigenvalue weighted by molar-refractivity contribution is 0.177. The van der Waals surface area contributed by atoms with Gasteiger partial charge in [0.2, 0.25) is 0 Å². The molecule has 1 heterocycles. The normalized spacial score (nSPS) is 12.8. The molecule has 1 atom stereocenters. The molecule has 0 saturated carbocycles. The minimum atomic E-state index is 0.409. The topological polar surface area (TPSA) is 38.2 Å².